The SMILES string of the molecule is CN1CCN(c2ccc(NC(=O)c3ccc(F)c(F)c3)cn2)CC1. The van der Waals surface area contributed by atoms with Crippen molar-refractivity contribution >= 4 is 17.4 Å². The van der Waals surface area contributed by atoms with E-state index in [4.69, 9.17) is 0 Å². The van der Waals surface area contributed by atoms with Gasteiger partial charge in [0, 0.05) is 31.7 Å². The molecule has 0 saturated carbocycles. The van der Waals surface area contributed by atoms with Gasteiger partial charge in [-0.3, -0.25) is 4.79 Å². The largest absolute Gasteiger partial charge is 0.354 e. The standard InChI is InChI=1S/C17H18F2N4O/c1-22-6-8-23(9-7-22)16-5-3-13(11-20-16)21-17(24)12-2-4-14(18)15(19)10-12/h2-5,10-11H,6-9H2,1H3,(H,21,24). The number of anilines is 2. The Morgan fingerprint density at radius 1 is 1.08 bits per heavy atom. The van der Waals surface area contributed by atoms with E-state index in [1.54, 1.807) is 12.3 Å². The van der Waals surface area contributed by atoms with Crippen LogP contribution >= 0.6 is 0 Å². The van der Waals surface area contributed by atoms with E-state index >= 15 is 0 Å². The van der Waals surface area contributed by atoms with Crippen molar-refractivity contribution in [3.8, 4) is 0 Å². The Kier molecular flexibility index (Phi) is 4.71. The molecule has 1 aromatic heterocycles. The molecule has 5 nitrogen and oxygen atoms in total. The summed E-state index contributed by atoms with van der Waals surface area (Å²) in [6.07, 6.45) is 1.56. The number of pyridine rings is 1. The summed E-state index contributed by atoms with van der Waals surface area (Å²) in [6, 6.07) is 6.63. The number of hydrogen-bond donors (Lipinski definition) is 1. The molecule has 1 saturated heterocycles. The molecule has 2 aromatic rings. The molecular formula is C17H18F2N4O. The van der Waals surface area contributed by atoms with Crippen LogP contribution in [0.1, 0.15) is 10.4 Å². The Morgan fingerprint density at radius 3 is 2.46 bits per heavy atom. The minimum Gasteiger partial charge on any atom is -0.354 e. The lowest BCUT2D eigenvalue weighted by molar-refractivity contribution is 0.102. The summed E-state index contributed by atoms with van der Waals surface area (Å²) in [4.78, 5) is 20.9. The lowest BCUT2D eigenvalue weighted by Gasteiger charge is -2.33. The van der Waals surface area contributed by atoms with Crippen LogP contribution in [0.15, 0.2) is 36.5 Å². The summed E-state index contributed by atoms with van der Waals surface area (Å²) >= 11 is 0. The second kappa shape index (κ2) is 6.92. The summed E-state index contributed by atoms with van der Waals surface area (Å²) in [7, 11) is 2.09. The van der Waals surface area contributed by atoms with Crippen LogP contribution < -0.4 is 10.2 Å². The van der Waals surface area contributed by atoms with E-state index in [1.165, 1.54) is 6.07 Å². The van der Waals surface area contributed by atoms with Crippen molar-refractivity contribution in [3.63, 3.8) is 0 Å². The number of hydrogen-bond acceptors (Lipinski definition) is 4. The van der Waals surface area contributed by atoms with Crippen molar-refractivity contribution in [2.75, 3.05) is 43.4 Å². The predicted molar refractivity (Wildman–Crippen MR) is 88.3 cm³/mol. The van der Waals surface area contributed by atoms with Gasteiger partial charge in [-0.25, -0.2) is 13.8 Å². The summed E-state index contributed by atoms with van der Waals surface area (Å²) in [5, 5.41) is 2.62. The van der Waals surface area contributed by atoms with E-state index in [2.05, 4.69) is 27.1 Å². The third kappa shape index (κ3) is 3.68. The zero-order valence-corrected chi connectivity index (χ0v) is 13.3. The zero-order valence-electron chi connectivity index (χ0n) is 13.3. The van der Waals surface area contributed by atoms with Crippen LogP contribution in [0.2, 0.25) is 0 Å². The second-order valence-electron chi connectivity index (χ2n) is 5.78. The fourth-order valence-corrected chi connectivity index (χ4v) is 2.52. The normalized spacial score (nSPS) is 15.4. The number of piperazine rings is 1. The second-order valence-corrected chi connectivity index (χ2v) is 5.78. The Labute approximate surface area is 138 Å². The van der Waals surface area contributed by atoms with Gasteiger partial charge < -0.3 is 15.1 Å². The minimum atomic E-state index is -1.05. The Hall–Kier alpha value is -2.54. The van der Waals surface area contributed by atoms with E-state index in [-0.39, 0.29) is 5.56 Å². The maximum Gasteiger partial charge on any atom is 0.255 e. The van der Waals surface area contributed by atoms with Gasteiger partial charge in [-0.15, -0.1) is 0 Å². The lowest BCUT2D eigenvalue weighted by atomic mass is 10.2. The number of carbonyl (C=O) groups is 1. The molecule has 0 atom stereocenters. The Morgan fingerprint density at radius 2 is 1.83 bits per heavy atom. The molecule has 0 unspecified atom stereocenters. The van der Waals surface area contributed by atoms with Crippen LogP contribution in [0.3, 0.4) is 0 Å². The number of nitrogens with one attached hydrogen (secondary N) is 1. The average Bonchev–Trinajstić information content (AvgIpc) is 2.59. The number of nitrogens with zero attached hydrogens (tertiary/aromatic N) is 3. The summed E-state index contributed by atoms with van der Waals surface area (Å²) < 4.78 is 26.1. The molecule has 0 spiro atoms. The van der Waals surface area contributed by atoms with E-state index in [1.807, 2.05) is 6.07 Å². The van der Waals surface area contributed by atoms with Gasteiger partial charge in [0.1, 0.15) is 5.82 Å². The predicted octanol–water partition coefficient (Wildman–Crippen LogP) is 2.36. The summed E-state index contributed by atoms with van der Waals surface area (Å²) in [5.41, 5.74) is 0.555. The fraction of sp³-hybridized carbons (Fsp3) is 0.294. The Bertz CT molecular complexity index is 728. The Balaban J connectivity index is 1.65. The van der Waals surface area contributed by atoms with Crippen LogP contribution in [0.4, 0.5) is 20.3 Å². The molecule has 0 bridgehead atoms. The van der Waals surface area contributed by atoms with Crippen molar-refractivity contribution in [1.29, 1.82) is 0 Å². The first-order chi connectivity index (χ1) is 11.5. The van der Waals surface area contributed by atoms with Gasteiger partial charge in [0.25, 0.3) is 5.91 Å². The third-order valence-corrected chi connectivity index (χ3v) is 4.01. The van der Waals surface area contributed by atoms with Crippen LogP contribution in [-0.4, -0.2) is 49.0 Å². The topological polar surface area (TPSA) is 48.5 Å². The van der Waals surface area contributed by atoms with E-state index in [0.717, 1.165) is 44.1 Å². The average molecular weight is 332 g/mol. The molecule has 7 heteroatoms. The van der Waals surface area contributed by atoms with Gasteiger partial charge >= 0.3 is 0 Å². The highest BCUT2D eigenvalue weighted by atomic mass is 19.2. The molecular weight excluding hydrogens is 314 g/mol. The number of benzene rings is 1. The van der Waals surface area contributed by atoms with Crippen molar-refractivity contribution in [2.24, 2.45) is 0 Å². The number of aromatic nitrogens is 1. The van der Waals surface area contributed by atoms with E-state index in [0.29, 0.717) is 5.69 Å². The highest BCUT2D eigenvalue weighted by molar-refractivity contribution is 6.04. The van der Waals surface area contributed by atoms with Crippen LogP contribution in [0.25, 0.3) is 0 Å². The van der Waals surface area contributed by atoms with Crippen molar-refractivity contribution in [1.82, 2.24) is 9.88 Å². The highest BCUT2D eigenvalue weighted by Crippen LogP contribution is 2.17. The number of likely N-dealkylation sites (N-methyl/N-ethyl adjacent to an activating group) is 1. The maximum absolute atomic E-state index is 13.2. The van der Waals surface area contributed by atoms with Crippen LogP contribution in [-0.2, 0) is 0 Å². The maximum atomic E-state index is 13.2. The van der Waals surface area contributed by atoms with Gasteiger partial charge in [0.05, 0.1) is 11.9 Å². The van der Waals surface area contributed by atoms with Gasteiger partial charge in [-0.2, -0.15) is 0 Å². The van der Waals surface area contributed by atoms with Crippen molar-refractivity contribution < 1.29 is 13.6 Å². The number of amides is 1. The molecule has 24 heavy (non-hydrogen) atoms. The quantitative estimate of drug-likeness (QED) is 0.937. The lowest BCUT2D eigenvalue weighted by Crippen LogP contribution is -2.44. The smallest absolute Gasteiger partial charge is 0.255 e. The monoisotopic (exact) mass is 332 g/mol. The number of carbonyl (C=O) groups excluding carboxylic acids is 1. The summed E-state index contributed by atoms with van der Waals surface area (Å²) in [6.45, 7) is 3.78. The fourth-order valence-electron chi connectivity index (χ4n) is 2.52. The van der Waals surface area contributed by atoms with Crippen LogP contribution in [0.5, 0.6) is 0 Å². The molecule has 1 amide bonds. The molecule has 1 N–H and O–H groups in total. The molecule has 3 rings (SSSR count). The molecule has 2 heterocycles. The first-order valence-electron chi connectivity index (χ1n) is 7.69. The van der Waals surface area contributed by atoms with Gasteiger partial charge in [-0.1, -0.05) is 0 Å². The van der Waals surface area contributed by atoms with E-state index in [9.17, 15) is 13.6 Å². The van der Waals surface area contributed by atoms with E-state index < -0.39 is 17.5 Å². The molecule has 126 valence electrons. The van der Waals surface area contributed by atoms with Crippen molar-refractivity contribution in [3.05, 3.63) is 53.7 Å². The first kappa shape index (κ1) is 16.3. The highest BCUT2D eigenvalue weighted by Gasteiger charge is 2.15. The number of rotatable bonds is 3. The molecule has 0 radical (unpaired) electrons. The minimum absolute atomic E-state index is 0.0528. The molecule has 1 aromatic carbocycles. The molecule has 1 aliphatic rings. The van der Waals surface area contributed by atoms with Crippen molar-refractivity contribution in [2.45, 2.75) is 0 Å². The molecule has 0 aliphatic carbocycles. The first-order valence-corrected chi connectivity index (χ1v) is 7.69. The van der Waals surface area contributed by atoms with Gasteiger partial charge in [-0.05, 0) is 37.4 Å². The number of halogens is 2. The van der Waals surface area contributed by atoms with Gasteiger partial charge in [0.2, 0.25) is 0 Å². The van der Waals surface area contributed by atoms with Crippen LogP contribution in [0, 0.1) is 11.6 Å². The third-order valence-electron chi connectivity index (χ3n) is 4.01. The molecule has 1 aliphatic heterocycles. The summed E-state index contributed by atoms with van der Waals surface area (Å²) in [5.74, 6) is -1.69. The molecule has 1 fully saturated rings. The zero-order chi connectivity index (χ0) is 17.1. The van der Waals surface area contributed by atoms with Gasteiger partial charge in [0.15, 0.2) is 11.6 Å².